The fourth-order valence-electron chi connectivity index (χ4n) is 1.36. The van der Waals surface area contributed by atoms with E-state index in [0.717, 1.165) is 38.0 Å². The molecule has 1 rings (SSSR count). The average molecular weight is 224 g/mol. The summed E-state index contributed by atoms with van der Waals surface area (Å²) in [6, 6.07) is 0. The number of amides is 1. The molecule has 1 aromatic heterocycles. The molecule has 90 valence electrons. The summed E-state index contributed by atoms with van der Waals surface area (Å²) in [5.41, 5.74) is 1.03. The first-order valence-corrected chi connectivity index (χ1v) is 5.92. The third kappa shape index (κ3) is 4.42. The fraction of sp³-hybridized carbons (Fsp3) is 0.727. The van der Waals surface area contributed by atoms with E-state index in [-0.39, 0.29) is 5.91 Å². The molecule has 1 amide bonds. The Morgan fingerprint density at radius 3 is 2.88 bits per heavy atom. The normalized spacial score (nSPS) is 10.4. The summed E-state index contributed by atoms with van der Waals surface area (Å²) in [4.78, 5) is 10.9. The van der Waals surface area contributed by atoms with Crippen molar-refractivity contribution in [2.45, 2.75) is 46.1 Å². The number of nitrogens with one attached hydrogen (secondary N) is 1. The van der Waals surface area contributed by atoms with Crippen molar-refractivity contribution >= 4 is 5.91 Å². The number of hydrogen-bond acceptors (Lipinski definition) is 3. The zero-order valence-electron chi connectivity index (χ0n) is 10.1. The topological polar surface area (TPSA) is 59.8 Å². The van der Waals surface area contributed by atoms with Gasteiger partial charge in [0.05, 0.1) is 5.69 Å². The molecule has 0 aliphatic carbocycles. The molecule has 0 bridgehead atoms. The summed E-state index contributed by atoms with van der Waals surface area (Å²) in [5.74, 6) is 0.119. The standard InChI is InChI=1S/C11H20N4O/c1-3-10-9-15(14-13-10)8-6-5-7-12-11(16)4-2/h9H,3-8H2,1-2H3,(H,12,16). The largest absolute Gasteiger partial charge is 0.356 e. The molecule has 0 atom stereocenters. The highest BCUT2D eigenvalue weighted by Crippen LogP contribution is 1.97. The van der Waals surface area contributed by atoms with Crippen LogP contribution in [0.15, 0.2) is 6.20 Å². The Hall–Kier alpha value is -1.39. The number of nitrogens with zero attached hydrogens (tertiary/aromatic N) is 3. The quantitative estimate of drug-likeness (QED) is 0.707. The molecule has 1 N–H and O–H groups in total. The lowest BCUT2D eigenvalue weighted by Crippen LogP contribution is -2.23. The minimum absolute atomic E-state index is 0.119. The molecule has 0 radical (unpaired) electrons. The van der Waals surface area contributed by atoms with Crippen molar-refractivity contribution in [2.75, 3.05) is 6.54 Å². The van der Waals surface area contributed by atoms with Gasteiger partial charge in [0.25, 0.3) is 0 Å². The van der Waals surface area contributed by atoms with E-state index in [2.05, 4.69) is 22.6 Å². The fourth-order valence-corrected chi connectivity index (χ4v) is 1.36. The summed E-state index contributed by atoms with van der Waals surface area (Å²) >= 11 is 0. The van der Waals surface area contributed by atoms with Crippen LogP contribution in [0, 0.1) is 0 Å². The SMILES string of the molecule is CCC(=O)NCCCCn1cc(CC)nn1. The van der Waals surface area contributed by atoms with Crippen molar-refractivity contribution < 1.29 is 4.79 Å². The first-order chi connectivity index (χ1) is 7.76. The highest BCUT2D eigenvalue weighted by Gasteiger charge is 1.98. The van der Waals surface area contributed by atoms with E-state index in [0.29, 0.717) is 6.42 Å². The third-order valence-electron chi connectivity index (χ3n) is 2.41. The van der Waals surface area contributed by atoms with E-state index < -0.39 is 0 Å². The minimum atomic E-state index is 0.119. The lowest BCUT2D eigenvalue weighted by atomic mass is 10.3. The first-order valence-electron chi connectivity index (χ1n) is 5.92. The van der Waals surface area contributed by atoms with Crippen LogP contribution < -0.4 is 5.32 Å². The Bertz CT molecular complexity index is 322. The minimum Gasteiger partial charge on any atom is -0.356 e. The van der Waals surface area contributed by atoms with Gasteiger partial charge in [0.1, 0.15) is 0 Å². The molecule has 0 saturated heterocycles. The van der Waals surface area contributed by atoms with Gasteiger partial charge >= 0.3 is 0 Å². The second-order valence-electron chi connectivity index (χ2n) is 3.74. The van der Waals surface area contributed by atoms with E-state index in [1.165, 1.54) is 0 Å². The molecule has 1 aromatic rings. The van der Waals surface area contributed by atoms with Crippen molar-refractivity contribution in [2.24, 2.45) is 0 Å². The highest BCUT2D eigenvalue weighted by atomic mass is 16.1. The Labute approximate surface area is 96.2 Å². The van der Waals surface area contributed by atoms with Gasteiger partial charge in [-0.15, -0.1) is 5.10 Å². The molecule has 0 unspecified atom stereocenters. The van der Waals surface area contributed by atoms with Gasteiger partial charge in [-0.25, -0.2) is 0 Å². The Morgan fingerprint density at radius 1 is 1.44 bits per heavy atom. The average Bonchev–Trinajstić information content (AvgIpc) is 2.76. The zero-order chi connectivity index (χ0) is 11.8. The van der Waals surface area contributed by atoms with Gasteiger partial charge in [-0.05, 0) is 19.3 Å². The van der Waals surface area contributed by atoms with Gasteiger partial charge < -0.3 is 5.32 Å². The van der Waals surface area contributed by atoms with Gasteiger partial charge in [0.15, 0.2) is 0 Å². The van der Waals surface area contributed by atoms with Crippen molar-refractivity contribution in [3.63, 3.8) is 0 Å². The van der Waals surface area contributed by atoms with Crippen molar-refractivity contribution in [3.05, 3.63) is 11.9 Å². The number of carbonyl (C=O) groups is 1. The van der Waals surface area contributed by atoms with Crippen molar-refractivity contribution in [3.8, 4) is 0 Å². The van der Waals surface area contributed by atoms with Gasteiger partial charge in [-0.2, -0.15) is 0 Å². The lowest BCUT2D eigenvalue weighted by molar-refractivity contribution is -0.120. The summed E-state index contributed by atoms with van der Waals surface area (Å²) in [7, 11) is 0. The number of hydrogen-bond donors (Lipinski definition) is 1. The monoisotopic (exact) mass is 224 g/mol. The van der Waals surface area contributed by atoms with Gasteiger partial charge in [-0.1, -0.05) is 19.1 Å². The second kappa shape index (κ2) is 6.98. The molecular formula is C11H20N4O. The summed E-state index contributed by atoms with van der Waals surface area (Å²) in [6.07, 6.45) is 5.45. The Balaban J connectivity index is 2.09. The van der Waals surface area contributed by atoms with Crippen LogP contribution in [0.3, 0.4) is 0 Å². The predicted molar refractivity (Wildman–Crippen MR) is 61.9 cm³/mol. The van der Waals surface area contributed by atoms with Crippen LogP contribution >= 0.6 is 0 Å². The molecule has 0 aliphatic heterocycles. The lowest BCUT2D eigenvalue weighted by Gasteiger charge is -2.03. The Kier molecular flexibility index (Phi) is 5.53. The molecule has 0 spiro atoms. The maximum Gasteiger partial charge on any atom is 0.219 e. The van der Waals surface area contributed by atoms with E-state index in [1.54, 1.807) is 0 Å². The molecule has 0 aliphatic rings. The molecule has 16 heavy (non-hydrogen) atoms. The first kappa shape index (κ1) is 12.7. The Morgan fingerprint density at radius 2 is 2.25 bits per heavy atom. The zero-order valence-corrected chi connectivity index (χ0v) is 10.1. The smallest absolute Gasteiger partial charge is 0.219 e. The van der Waals surface area contributed by atoms with Gasteiger partial charge in [0, 0.05) is 25.7 Å². The maximum atomic E-state index is 10.9. The number of unbranched alkanes of at least 4 members (excludes halogenated alkanes) is 1. The van der Waals surface area contributed by atoms with Crippen LogP contribution in [-0.2, 0) is 17.8 Å². The second-order valence-corrected chi connectivity index (χ2v) is 3.74. The van der Waals surface area contributed by atoms with Gasteiger partial charge in [-0.3, -0.25) is 9.48 Å². The van der Waals surface area contributed by atoms with E-state index in [1.807, 2.05) is 17.8 Å². The maximum absolute atomic E-state index is 10.9. The van der Waals surface area contributed by atoms with Crippen LogP contribution in [-0.4, -0.2) is 27.4 Å². The van der Waals surface area contributed by atoms with Gasteiger partial charge in [0.2, 0.25) is 5.91 Å². The molecule has 1 heterocycles. The highest BCUT2D eigenvalue weighted by molar-refractivity contribution is 5.75. The molecular weight excluding hydrogens is 204 g/mol. The summed E-state index contributed by atoms with van der Waals surface area (Å²) in [6.45, 7) is 5.54. The van der Waals surface area contributed by atoms with Crippen LogP contribution in [0.1, 0.15) is 38.8 Å². The molecule has 5 nitrogen and oxygen atoms in total. The summed E-state index contributed by atoms with van der Waals surface area (Å²) < 4.78 is 1.86. The van der Waals surface area contributed by atoms with Crippen LogP contribution in [0.5, 0.6) is 0 Å². The van der Waals surface area contributed by atoms with Crippen LogP contribution in [0.4, 0.5) is 0 Å². The van der Waals surface area contributed by atoms with Crippen molar-refractivity contribution in [1.29, 1.82) is 0 Å². The van der Waals surface area contributed by atoms with E-state index >= 15 is 0 Å². The van der Waals surface area contributed by atoms with E-state index in [4.69, 9.17) is 0 Å². The molecule has 0 fully saturated rings. The number of aryl methyl sites for hydroxylation is 2. The molecule has 0 aromatic carbocycles. The third-order valence-corrected chi connectivity index (χ3v) is 2.41. The predicted octanol–water partition coefficient (Wildman–Crippen LogP) is 1.15. The van der Waals surface area contributed by atoms with Crippen LogP contribution in [0.2, 0.25) is 0 Å². The number of aromatic nitrogens is 3. The van der Waals surface area contributed by atoms with E-state index in [9.17, 15) is 4.79 Å². The number of rotatable bonds is 7. The summed E-state index contributed by atoms with van der Waals surface area (Å²) in [5, 5.41) is 10.9. The van der Waals surface area contributed by atoms with Crippen molar-refractivity contribution in [1.82, 2.24) is 20.3 Å². The molecule has 5 heteroatoms. The number of carbonyl (C=O) groups excluding carboxylic acids is 1. The molecule has 0 saturated carbocycles. The van der Waals surface area contributed by atoms with Crippen LogP contribution in [0.25, 0.3) is 0 Å².